The topological polar surface area (TPSA) is 192 Å². The summed E-state index contributed by atoms with van der Waals surface area (Å²) >= 11 is 0. The number of ether oxygens (including phenoxy) is 5. The molecule has 3 aromatic heterocycles. The van der Waals surface area contributed by atoms with Gasteiger partial charge in [-0.2, -0.15) is 18.3 Å². The maximum Gasteiger partial charge on any atom is 0.406 e. The Morgan fingerprint density at radius 3 is 2.21 bits per heavy atom. The molecule has 18 nitrogen and oxygen atoms in total. The van der Waals surface area contributed by atoms with Crippen LogP contribution >= 0.6 is 0 Å². The fourth-order valence-electron chi connectivity index (χ4n) is 9.98. The second-order valence-corrected chi connectivity index (χ2v) is 22.4. The Kier molecular flexibility index (Phi) is 21.0. The van der Waals surface area contributed by atoms with Crippen molar-refractivity contribution in [1.29, 1.82) is 0 Å². The van der Waals surface area contributed by atoms with Crippen molar-refractivity contribution in [3.8, 4) is 29.4 Å². The number of sulfone groups is 1. The zero-order chi connectivity index (χ0) is 57.4. The number of amides is 1. The molecule has 434 valence electrons. The second kappa shape index (κ2) is 28.2. The van der Waals surface area contributed by atoms with Crippen LogP contribution in [0.2, 0.25) is 0 Å². The van der Waals surface area contributed by atoms with Gasteiger partial charge in [-0.15, -0.1) is 0 Å². The summed E-state index contributed by atoms with van der Waals surface area (Å²) in [4.78, 5) is 30.7. The zero-order valence-electron chi connectivity index (χ0n) is 46.0. The molecule has 0 radical (unpaired) electrons. The molecule has 6 aromatic rings. The van der Waals surface area contributed by atoms with Crippen LogP contribution in [0.4, 0.5) is 24.5 Å². The van der Waals surface area contributed by atoms with Crippen molar-refractivity contribution < 1.29 is 55.2 Å². The number of rotatable bonds is 25. The van der Waals surface area contributed by atoms with Gasteiger partial charge < -0.3 is 53.8 Å². The van der Waals surface area contributed by atoms with Crippen molar-refractivity contribution in [1.82, 2.24) is 28.5 Å². The van der Waals surface area contributed by atoms with E-state index >= 15 is 0 Å². The first-order valence-electron chi connectivity index (χ1n) is 27.2. The summed E-state index contributed by atoms with van der Waals surface area (Å²) in [7, 11) is -2.04. The molecule has 8 rings (SSSR count). The lowest BCUT2D eigenvalue weighted by molar-refractivity contribution is -0.140. The standard InChI is InChI=1S/C59H71F3N8O10S/c1-44(45-10-5-4-6-11-45)38-56(71)67-27-22-58(73,23-28-67)41-68-43-64-70-47(16-19-54(70)57(68)72)13-9-30-77-32-34-79-36-37-80-35-33-78-31-29-66-25-20-46(21-26-66)65-51-14-7-15-53-50(51)39-48(69(53)42-59(60,61)62)12-8-24-63-52-18-17-49(81(3,74)75)40-55(52)76-2/h4-7,10-11,14-19,39-40,43-44,46,63,65,73H,20-38,41-42H2,1-3H3/t44-/m1/s1. The summed E-state index contributed by atoms with van der Waals surface area (Å²) in [5.41, 5.74) is 2.44. The van der Waals surface area contributed by atoms with Crippen LogP contribution in [0.3, 0.4) is 0 Å². The van der Waals surface area contributed by atoms with Crippen LogP contribution in [0.15, 0.2) is 101 Å². The number of halogens is 3. The van der Waals surface area contributed by atoms with Crippen LogP contribution in [-0.4, -0.2) is 171 Å². The molecule has 22 heteroatoms. The highest BCUT2D eigenvalue weighted by Crippen LogP contribution is 2.33. The molecule has 5 heterocycles. The third kappa shape index (κ3) is 17.1. The summed E-state index contributed by atoms with van der Waals surface area (Å²) in [5.74, 6) is 12.2. The first-order valence-corrected chi connectivity index (χ1v) is 29.1. The highest BCUT2D eigenvalue weighted by molar-refractivity contribution is 7.90. The van der Waals surface area contributed by atoms with Crippen LogP contribution in [0.5, 0.6) is 5.75 Å². The Morgan fingerprint density at radius 1 is 0.827 bits per heavy atom. The Morgan fingerprint density at radius 2 is 1.52 bits per heavy atom. The van der Waals surface area contributed by atoms with E-state index in [0.717, 1.165) is 50.0 Å². The number of carbonyl (C=O) groups is 1. The van der Waals surface area contributed by atoms with Crippen LogP contribution < -0.4 is 20.9 Å². The number of methoxy groups -OCH3 is 1. The summed E-state index contributed by atoms with van der Waals surface area (Å²) in [6.45, 7) is 7.35. The highest BCUT2D eigenvalue weighted by atomic mass is 32.2. The summed E-state index contributed by atoms with van der Waals surface area (Å²) < 4.78 is 97.6. The molecule has 2 aliphatic rings. The number of carbonyl (C=O) groups excluding carboxylic acids is 1. The fraction of sp³-hybridized carbons (Fsp3) is 0.475. The predicted octanol–water partition coefficient (Wildman–Crippen LogP) is 6.43. The van der Waals surface area contributed by atoms with E-state index in [9.17, 15) is 36.3 Å². The van der Waals surface area contributed by atoms with E-state index in [2.05, 4.69) is 44.3 Å². The Balaban J connectivity index is 0.665. The van der Waals surface area contributed by atoms with Crippen molar-refractivity contribution in [3.05, 3.63) is 119 Å². The number of piperidine rings is 2. The SMILES string of the molecule is COc1cc(S(C)(=O)=O)ccc1NCC#Cc1cc2c(NC3CCN(CCOCCOCCOCCOCC#Cc4ccc5c(=O)n(CC6(O)CCN(C(=O)C[C@@H](C)c7ccccc7)CC6)cnn45)CC3)cccc2n1CC(F)(F)F. The van der Waals surface area contributed by atoms with Crippen molar-refractivity contribution >= 4 is 43.5 Å². The highest BCUT2D eigenvalue weighted by Gasteiger charge is 2.35. The van der Waals surface area contributed by atoms with E-state index in [-0.39, 0.29) is 53.7 Å². The van der Waals surface area contributed by atoms with E-state index in [0.29, 0.717) is 112 Å². The smallest absolute Gasteiger partial charge is 0.406 e. The monoisotopic (exact) mass is 1140 g/mol. The minimum absolute atomic E-state index is 0.0604. The second-order valence-electron chi connectivity index (χ2n) is 20.4. The lowest BCUT2D eigenvalue weighted by atomic mass is 9.90. The number of fused-ring (bicyclic) bond motifs is 2. The summed E-state index contributed by atoms with van der Waals surface area (Å²) in [6.07, 6.45) is 0.854. The number of anilines is 2. The molecule has 1 atom stereocenters. The van der Waals surface area contributed by atoms with E-state index < -0.39 is 28.2 Å². The predicted molar refractivity (Wildman–Crippen MR) is 302 cm³/mol. The van der Waals surface area contributed by atoms with Gasteiger partial charge in [0.15, 0.2) is 9.84 Å². The number of hydrogen-bond acceptors (Lipinski definition) is 14. The van der Waals surface area contributed by atoms with Crippen LogP contribution in [0.25, 0.3) is 16.4 Å². The number of nitrogens with one attached hydrogen (secondary N) is 2. The molecular formula is C59H71F3N8O10S. The third-order valence-corrected chi connectivity index (χ3v) is 15.6. The lowest BCUT2D eigenvalue weighted by Crippen LogP contribution is -2.49. The number of aromatic nitrogens is 4. The molecule has 0 saturated carbocycles. The number of likely N-dealkylation sites (tertiary alicyclic amines) is 2. The lowest BCUT2D eigenvalue weighted by Gasteiger charge is -2.38. The van der Waals surface area contributed by atoms with E-state index in [1.165, 1.54) is 39.2 Å². The van der Waals surface area contributed by atoms with Gasteiger partial charge in [0, 0.05) is 68.6 Å². The first-order chi connectivity index (χ1) is 39.0. The quantitative estimate of drug-likeness (QED) is 0.0420. The van der Waals surface area contributed by atoms with Gasteiger partial charge in [-0.1, -0.05) is 55.2 Å². The average Bonchev–Trinajstić information content (AvgIpc) is 4.04. The minimum atomic E-state index is -4.47. The molecule has 0 spiro atoms. The number of hydrogen-bond donors (Lipinski definition) is 3. The summed E-state index contributed by atoms with van der Waals surface area (Å²) in [5, 5.41) is 23.1. The van der Waals surface area contributed by atoms with E-state index in [1.54, 1.807) is 41.3 Å². The number of benzene rings is 3. The molecule has 0 bridgehead atoms. The number of alkyl halides is 3. The number of nitrogens with zero attached hydrogens (tertiary/aromatic N) is 6. The Hall–Kier alpha value is -6.89. The third-order valence-electron chi connectivity index (χ3n) is 14.5. The van der Waals surface area contributed by atoms with Gasteiger partial charge in [-0.25, -0.2) is 12.9 Å². The van der Waals surface area contributed by atoms with Gasteiger partial charge in [-0.3, -0.25) is 14.2 Å². The van der Waals surface area contributed by atoms with Gasteiger partial charge in [0.05, 0.1) is 93.8 Å². The molecule has 2 aliphatic heterocycles. The van der Waals surface area contributed by atoms with E-state index in [1.807, 2.05) is 43.3 Å². The van der Waals surface area contributed by atoms with Crippen molar-refractivity contribution in [2.24, 2.45) is 0 Å². The maximum absolute atomic E-state index is 13.8. The molecule has 81 heavy (non-hydrogen) atoms. The van der Waals surface area contributed by atoms with Gasteiger partial charge in [-0.05, 0) is 91.5 Å². The first kappa shape index (κ1) is 60.2. The van der Waals surface area contributed by atoms with Crippen molar-refractivity contribution in [2.45, 2.75) is 80.7 Å². The summed E-state index contributed by atoms with van der Waals surface area (Å²) in [6, 6.07) is 24.8. The van der Waals surface area contributed by atoms with Gasteiger partial charge in [0.1, 0.15) is 36.4 Å². The Labute approximate surface area is 470 Å². The normalized spacial score (nSPS) is 15.5. The number of aliphatic hydroxyl groups is 1. The maximum atomic E-state index is 13.8. The molecule has 2 fully saturated rings. The molecule has 0 unspecified atom stereocenters. The van der Waals surface area contributed by atoms with Crippen LogP contribution in [-0.2, 0) is 46.7 Å². The van der Waals surface area contributed by atoms with Crippen molar-refractivity contribution in [3.63, 3.8) is 0 Å². The van der Waals surface area contributed by atoms with Crippen LogP contribution in [0, 0.1) is 23.7 Å². The molecular weight excluding hydrogens is 1070 g/mol. The van der Waals surface area contributed by atoms with Gasteiger partial charge in [0.25, 0.3) is 5.56 Å². The van der Waals surface area contributed by atoms with Crippen molar-refractivity contribution in [2.75, 3.05) is 116 Å². The van der Waals surface area contributed by atoms with E-state index in [4.69, 9.17) is 23.7 Å². The van der Waals surface area contributed by atoms with Crippen LogP contribution in [0.1, 0.15) is 61.9 Å². The molecule has 3 aromatic carbocycles. The molecule has 1 amide bonds. The van der Waals surface area contributed by atoms with Gasteiger partial charge >= 0.3 is 6.18 Å². The average molecular weight is 1140 g/mol. The molecule has 0 aliphatic carbocycles. The van der Waals surface area contributed by atoms with Gasteiger partial charge in [0.2, 0.25) is 5.91 Å². The zero-order valence-corrected chi connectivity index (χ0v) is 46.8. The minimum Gasteiger partial charge on any atom is -0.495 e. The Bertz CT molecular complexity index is 3370. The fourth-order valence-corrected chi connectivity index (χ4v) is 10.6. The largest absolute Gasteiger partial charge is 0.495 e. The molecule has 3 N–H and O–H groups in total. The molecule has 2 saturated heterocycles.